The zero-order chi connectivity index (χ0) is 20.0. The Kier molecular flexibility index (Phi) is 4.10. The Bertz CT molecular complexity index is 1370. The maximum Gasteiger partial charge on any atom is 0.323 e. The van der Waals surface area contributed by atoms with Gasteiger partial charge >= 0.3 is 5.69 Å². The topological polar surface area (TPSA) is 115 Å². The van der Waals surface area contributed by atoms with E-state index in [1.54, 1.807) is 12.3 Å². The number of benzene rings is 2. The number of anilines is 1. The van der Waals surface area contributed by atoms with E-state index < -0.39 is 10.0 Å². The van der Waals surface area contributed by atoms with Gasteiger partial charge in [-0.1, -0.05) is 12.1 Å². The summed E-state index contributed by atoms with van der Waals surface area (Å²) in [7, 11) is -3.65. The Morgan fingerprint density at radius 3 is 2.41 bits per heavy atom. The molecule has 1 saturated heterocycles. The van der Waals surface area contributed by atoms with E-state index in [1.165, 1.54) is 16.4 Å². The first kappa shape index (κ1) is 17.8. The van der Waals surface area contributed by atoms with E-state index in [2.05, 4.69) is 19.9 Å². The van der Waals surface area contributed by atoms with Crippen molar-refractivity contribution >= 4 is 37.9 Å². The summed E-state index contributed by atoms with van der Waals surface area (Å²) < 4.78 is 27.5. The molecule has 0 spiro atoms. The van der Waals surface area contributed by atoms with Crippen LogP contribution < -0.4 is 10.6 Å². The molecule has 2 aromatic carbocycles. The molecule has 10 heteroatoms. The number of hydrogen-bond donors (Lipinski definition) is 2. The van der Waals surface area contributed by atoms with Gasteiger partial charge in [-0.2, -0.15) is 4.31 Å². The Hall–Kier alpha value is -3.24. The van der Waals surface area contributed by atoms with Crippen LogP contribution in [0.4, 0.5) is 5.82 Å². The number of aromatic amines is 2. The van der Waals surface area contributed by atoms with Crippen molar-refractivity contribution < 1.29 is 8.42 Å². The molecule has 0 atom stereocenters. The second kappa shape index (κ2) is 6.68. The fourth-order valence-electron chi connectivity index (χ4n) is 3.58. The van der Waals surface area contributed by atoms with Gasteiger partial charge in [-0.15, -0.1) is 0 Å². The molecule has 1 fully saturated rings. The highest BCUT2D eigenvalue weighted by atomic mass is 32.2. The summed E-state index contributed by atoms with van der Waals surface area (Å²) >= 11 is 0. The highest BCUT2D eigenvalue weighted by molar-refractivity contribution is 7.89. The van der Waals surface area contributed by atoms with Crippen molar-refractivity contribution in [2.75, 3.05) is 31.1 Å². The van der Waals surface area contributed by atoms with Gasteiger partial charge in [0.2, 0.25) is 10.0 Å². The van der Waals surface area contributed by atoms with Crippen LogP contribution in [0.5, 0.6) is 0 Å². The van der Waals surface area contributed by atoms with Crippen LogP contribution in [0.2, 0.25) is 0 Å². The second-order valence-electron chi connectivity index (χ2n) is 6.89. The minimum Gasteiger partial charge on any atom is -0.353 e. The van der Waals surface area contributed by atoms with Gasteiger partial charge in [0.05, 0.1) is 33.2 Å². The summed E-state index contributed by atoms with van der Waals surface area (Å²) in [6.45, 7) is 1.74. The monoisotopic (exact) mass is 410 g/mol. The summed E-state index contributed by atoms with van der Waals surface area (Å²) in [4.78, 5) is 27.9. The average molecular weight is 410 g/mol. The van der Waals surface area contributed by atoms with Crippen LogP contribution in [0.1, 0.15) is 0 Å². The lowest BCUT2D eigenvalue weighted by atomic mass is 10.3. The molecule has 29 heavy (non-hydrogen) atoms. The van der Waals surface area contributed by atoms with Crippen LogP contribution in [-0.4, -0.2) is 58.8 Å². The Balaban J connectivity index is 1.36. The molecule has 0 aliphatic carbocycles. The van der Waals surface area contributed by atoms with Crippen LogP contribution in [0.15, 0.2) is 58.4 Å². The number of nitrogens with zero attached hydrogens (tertiary/aromatic N) is 4. The molecule has 0 radical (unpaired) electrons. The second-order valence-corrected chi connectivity index (χ2v) is 8.83. The highest BCUT2D eigenvalue weighted by Crippen LogP contribution is 2.22. The number of piperazine rings is 1. The summed E-state index contributed by atoms with van der Waals surface area (Å²) in [5, 5.41) is 0. The molecule has 5 rings (SSSR count). The SMILES string of the molecule is O=c1[nH]c2ccc(S(=O)(=O)N3CCN(c4cnc5ccccc5n4)CC3)cc2[nH]1. The van der Waals surface area contributed by atoms with Gasteiger partial charge in [-0.05, 0) is 30.3 Å². The van der Waals surface area contributed by atoms with E-state index in [0.717, 1.165) is 16.9 Å². The minimum atomic E-state index is -3.65. The maximum absolute atomic E-state index is 13.0. The van der Waals surface area contributed by atoms with E-state index in [9.17, 15) is 13.2 Å². The molecule has 9 nitrogen and oxygen atoms in total. The van der Waals surface area contributed by atoms with Crippen molar-refractivity contribution in [1.29, 1.82) is 0 Å². The molecule has 0 unspecified atom stereocenters. The third-order valence-electron chi connectivity index (χ3n) is 5.12. The zero-order valence-electron chi connectivity index (χ0n) is 15.4. The van der Waals surface area contributed by atoms with Crippen LogP contribution in [0.25, 0.3) is 22.1 Å². The van der Waals surface area contributed by atoms with Crippen molar-refractivity contribution in [1.82, 2.24) is 24.2 Å². The Morgan fingerprint density at radius 1 is 0.897 bits per heavy atom. The quantitative estimate of drug-likeness (QED) is 0.526. The first-order chi connectivity index (χ1) is 14.0. The normalized spacial score (nSPS) is 15.9. The average Bonchev–Trinajstić information content (AvgIpc) is 3.12. The molecule has 2 N–H and O–H groups in total. The lowest BCUT2D eigenvalue weighted by Crippen LogP contribution is -2.48. The van der Waals surface area contributed by atoms with Gasteiger partial charge in [-0.25, -0.2) is 18.2 Å². The van der Waals surface area contributed by atoms with Crippen LogP contribution in [-0.2, 0) is 10.0 Å². The van der Waals surface area contributed by atoms with Crippen LogP contribution >= 0.6 is 0 Å². The van der Waals surface area contributed by atoms with Crippen molar-refractivity contribution in [3.05, 3.63) is 59.1 Å². The van der Waals surface area contributed by atoms with E-state index >= 15 is 0 Å². The molecule has 148 valence electrons. The molecule has 3 heterocycles. The van der Waals surface area contributed by atoms with E-state index in [-0.39, 0.29) is 10.6 Å². The molecule has 0 bridgehead atoms. The van der Waals surface area contributed by atoms with Crippen molar-refractivity contribution in [3.8, 4) is 0 Å². The molecule has 1 aliphatic rings. The number of fused-ring (bicyclic) bond motifs is 2. The third-order valence-corrected chi connectivity index (χ3v) is 7.02. The van der Waals surface area contributed by atoms with E-state index in [4.69, 9.17) is 0 Å². The van der Waals surface area contributed by atoms with E-state index in [0.29, 0.717) is 37.2 Å². The van der Waals surface area contributed by atoms with E-state index in [1.807, 2.05) is 29.2 Å². The molecule has 1 aliphatic heterocycles. The van der Waals surface area contributed by atoms with Crippen molar-refractivity contribution in [2.45, 2.75) is 4.90 Å². The number of sulfonamides is 1. The molecular formula is C19H18N6O3S. The maximum atomic E-state index is 13.0. The van der Waals surface area contributed by atoms with Gasteiger partial charge in [-0.3, -0.25) is 4.98 Å². The Labute approximate surface area is 166 Å². The fourth-order valence-corrected chi connectivity index (χ4v) is 5.03. The zero-order valence-corrected chi connectivity index (χ0v) is 16.2. The standard InChI is InChI=1S/C19H18N6O3S/c26-19-22-16-6-5-13(11-17(16)23-19)29(27,28)25-9-7-24(8-10-25)18-12-20-14-3-1-2-4-15(14)21-18/h1-6,11-12H,7-10H2,(H2,22,23,26). The third kappa shape index (κ3) is 3.15. The minimum absolute atomic E-state index is 0.166. The first-order valence-electron chi connectivity index (χ1n) is 9.20. The van der Waals surface area contributed by atoms with Gasteiger partial charge in [0, 0.05) is 26.2 Å². The molecular weight excluding hydrogens is 392 g/mol. The lowest BCUT2D eigenvalue weighted by molar-refractivity contribution is 0.384. The first-order valence-corrected chi connectivity index (χ1v) is 10.6. The molecule has 4 aromatic rings. The number of imidazole rings is 1. The smallest absolute Gasteiger partial charge is 0.323 e. The number of para-hydroxylation sites is 2. The molecule has 2 aromatic heterocycles. The summed E-state index contributed by atoms with van der Waals surface area (Å²) in [6.07, 6.45) is 1.72. The van der Waals surface area contributed by atoms with Gasteiger partial charge in [0.25, 0.3) is 0 Å². The predicted octanol–water partition coefficient (Wildman–Crippen LogP) is 1.31. The molecule has 0 amide bonds. The highest BCUT2D eigenvalue weighted by Gasteiger charge is 2.29. The summed E-state index contributed by atoms with van der Waals surface area (Å²) in [5.74, 6) is 0.743. The predicted molar refractivity (Wildman–Crippen MR) is 109 cm³/mol. The van der Waals surface area contributed by atoms with Crippen LogP contribution in [0, 0.1) is 0 Å². The number of H-pyrrole nitrogens is 2. The Morgan fingerprint density at radius 2 is 1.62 bits per heavy atom. The van der Waals surface area contributed by atoms with Crippen LogP contribution in [0.3, 0.4) is 0 Å². The van der Waals surface area contributed by atoms with Gasteiger partial charge in [0.1, 0.15) is 5.82 Å². The number of aromatic nitrogens is 4. The lowest BCUT2D eigenvalue weighted by Gasteiger charge is -2.34. The summed E-state index contributed by atoms with van der Waals surface area (Å²) in [6, 6.07) is 12.3. The van der Waals surface area contributed by atoms with Crippen molar-refractivity contribution in [3.63, 3.8) is 0 Å². The summed E-state index contributed by atoms with van der Waals surface area (Å²) in [5.41, 5.74) is 2.33. The van der Waals surface area contributed by atoms with Gasteiger partial charge in [0.15, 0.2) is 0 Å². The number of hydrogen-bond acceptors (Lipinski definition) is 6. The fraction of sp³-hybridized carbons (Fsp3) is 0.211. The number of rotatable bonds is 3. The van der Waals surface area contributed by atoms with Gasteiger partial charge < -0.3 is 14.9 Å². The molecule has 0 saturated carbocycles. The number of nitrogens with one attached hydrogen (secondary N) is 2. The van der Waals surface area contributed by atoms with Crippen molar-refractivity contribution in [2.24, 2.45) is 0 Å². The largest absolute Gasteiger partial charge is 0.353 e.